The van der Waals surface area contributed by atoms with Gasteiger partial charge in [0.05, 0.1) is 41.0 Å². The molecule has 8 rings (SSSR count). The van der Waals surface area contributed by atoms with E-state index in [1.54, 1.807) is 10.6 Å². The molecular weight excluding hydrogens is 662 g/mol. The van der Waals surface area contributed by atoms with Crippen LogP contribution in [0.3, 0.4) is 0 Å². The van der Waals surface area contributed by atoms with Crippen molar-refractivity contribution in [2.24, 2.45) is 0 Å². The summed E-state index contributed by atoms with van der Waals surface area (Å²) in [6.07, 6.45) is 1.89. The molecular formula is C36H39N13O3. The Balaban J connectivity index is 1.09. The third-order valence-electron chi connectivity index (χ3n) is 9.73. The fourth-order valence-electron chi connectivity index (χ4n) is 7.10. The minimum atomic E-state index is -2.35. The minimum absolute atomic E-state index is 0.0181. The first kappa shape index (κ1) is 33.2. The molecule has 6 aromatic rings. The van der Waals surface area contributed by atoms with Crippen LogP contribution < -0.4 is 20.9 Å². The highest BCUT2D eigenvalue weighted by atomic mass is 16.5. The Morgan fingerprint density at radius 3 is 2.44 bits per heavy atom. The highest BCUT2D eigenvalue weighted by molar-refractivity contribution is 5.93. The van der Waals surface area contributed by atoms with Crippen molar-refractivity contribution in [3.8, 4) is 11.1 Å². The fraction of sp³-hybridized carbons (Fsp3) is 0.306. The van der Waals surface area contributed by atoms with Crippen LogP contribution in [0.4, 0.5) is 28.8 Å². The van der Waals surface area contributed by atoms with Gasteiger partial charge in [-0.3, -0.25) is 9.48 Å². The number of aliphatic hydroxyl groups is 2. The molecule has 1 aromatic carbocycles. The minimum Gasteiger partial charge on any atom is -0.364 e. The van der Waals surface area contributed by atoms with E-state index in [9.17, 15) is 15.0 Å². The summed E-state index contributed by atoms with van der Waals surface area (Å²) in [6.45, 7) is 8.51. The van der Waals surface area contributed by atoms with Gasteiger partial charge in [0.1, 0.15) is 34.7 Å². The maximum atomic E-state index is 12.1. The number of hydrogen-bond acceptors (Lipinski definition) is 13. The van der Waals surface area contributed by atoms with E-state index in [1.807, 2.05) is 62.0 Å². The standard InChI is InChI=1S/C36H39N13O3/c1-19-13-29(40-22(4)39-19)43-30-15-32(49-31(44-30)14-20(2)45-49)42-26-10-7-9-24-25-16-38-48(33(25)21(3)46(6)34(24)26)23-17-47(18-23)36(51,52)28-12-8-11-27(41-28)35(50)37-5/h7-16,21,23,42,51-52H,17-18H2,1-6H3,(H,37,50)(H,39,40,43,44). The maximum absolute atomic E-state index is 12.1. The van der Waals surface area contributed by atoms with E-state index in [4.69, 9.17) is 15.2 Å². The first-order valence-corrected chi connectivity index (χ1v) is 17.0. The first-order valence-electron chi connectivity index (χ1n) is 17.0. The van der Waals surface area contributed by atoms with Gasteiger partial charge in [0.25, 0.3) is 11.8 Å². The molecule has 266 valence electrons. The molecule has 0 bridgehead atoms. The SMILES string of the molecule is CNC(=O)c1cccc(C(O)(O)N2CC(n3ncc4c3C(C)N(C)c3c(Nc5cc(Nc6cc(C)nc(C)n6)nc6cc(C)nn56)cccc3-4)C2)n1. The Hall–Kier alpha value is -5.97. The number of nitrogens with one attached hydrogen (secondary N) is 3. The molecule has 5 N–H and O–H groups in total. The summed E-state index contributed by atoms with van der Waals surface area (Å²) in [4.78, 5) is 33.8. The van der Waals surface area contributed by atoms with Crippen molar-refractivity contribution in [2.75, 3.05) is 42.7 Å². The van der Waals surface area contributed by atoms with Crippen LogP contribution in [-0.2, 0) is 5.91 Å². The Morgan fingerprint density at radius 2 is 1.67 bits per heavy atom. The van der Waals surface area contributed by atoms with Gasteiger partial charge in [0.2, 0.25) is 0 Å². The van der Waals surface area contributed by atoms with Gasteiger partial charge in [-0.25, -0.2) is 24.8 Å². The number of rotatable bonds is 8. The Kier molecular flexibility index (Phi) is 7.89. The second-order valence-corrected chi connectivity index (χ2v) is 13.3. The largest absolute Gasteiger partial charge is 0.364 e. The lowest BCUT2D eigenvalue weighted by atomic mass is 9.93. The number of aryl methyl sites for hydroxylation is 3. The monoisotopic (exact) mass is 701 g/mol. The van der Waals surface area contributed by atoms with Crippen LogP contribution in [0.15, 0.2) is 60.8 Å². The number of para-hydroxylation sites is 1. The van der Waals surface area contributed by atoms with Gasteiger partial charge in [0, 0.05) is 62.2 Å². The lowest BCUT2D eigenvalue weighted by Gasteiger charge is -2.47. The summed E-state index contributed by atoms with van der Waals surface area (Å²) in [5, 5.41) is 41.3. The molecule has 16 heteroatoms. The summed E-state index contributed by atoms with van der Waals surface area (Å²) in [5.74, 6) is -0.0946. The van der Waals surface area contributed by atoms with E-state index >= 15 is 0 Å². The van der Waals surface area contributed by atoms with Gasteiger partial charge >= 0.3 is 0 Å². The van der Waals surface area contributed by atoms with Crippen molar-refractivity contribution >= 4 is 40.4 Å². The van der Waals surface area contributed by atoms with Crippen LogP contribution in [0.5, 0.6) is 0 Å². The number of aromatic nitrogens is 8. The number of anilines is 5. The van der Waals surface area contributed by atoms with E-state index < -0.39 is 11.8 Å². The number of pyridine rings is 1. The lowest BCUT2D eigenvalue weighted by Crippen LogP contribution is -2.59. The zero-order valence-corrected chi connectivity index (χ0v) is 29.6. The topological polar surface area (TPSA) is 187 Å². The number of amides is 1. The predicted octanol–water partition coefficient (Wildman–Crippen LogP) is 3.71. The Bertz CT molecular complexity index is 2340. The van der Waals surface area contributed by atoms with E-state index in [0.717, 1.165) is 45.4 Å². The summed E-state index contributed by atoms with van der Waals surface area (Å²) < 4.78 is 3.79. The number of benzene rings is 1. The van der Waals surface area contributed by atoms with Crippen LogP contribution >= 0.6 is 0 Å². The van der Waals surface area contributed by atoms with Gasteiger partial charge < -0.3 is 31.1 Å². The molecule has 52 heavy (non-hydrogen) atoms. The average molecular weight is 702 g/mol. The number of carbonyl (C=O) groups is 1. The van der Waals surface area contributed by atoms with Crippen LogP contribution in [0.1, 0.15) is 58.1 Å². The van der Waals surface area contributed by atoms with Crippen molar-refractivity contribution < 1.29 is 15.0 Å². The highest BCUT2D eigenvalue weighted by Crippen LogP contribution is 2.49. The molecule has 1 unspecified atom stereocenters. The average Bonchev–Trinajstić information content (AvgIpc) is 3.69. The van der Waals surface area contributed by atoms with Crippen LogP contribution in [0, 0.1) is 20.8 Å². The van der Waals surface area contributed by atoms with E-state index in [0.29, 0.717) is 36.2 Å². The van der Waals surface area contributed by atoms with Gasteiger partial charge in [0.15, 0.2) is 5.65 Å². The van der Waals surface area contributed by atoms with Crippen molar-refractivity contribution in [1.29, 1.82) is 0 Å². The van der Waals surface area contributed by atoms with Crippen LogP contribution in [0.25, 0.3) is 16.8 Å². The first-order chi connectivity index (χ1) is 24.9. The molecule has 0 aliphatic carbocycles. The molecule has 2 aliphatic rings. The second kappa shape index (κ2) is 12.4. The third-order valence-corrected chi connectivity index (χ3v) is 9.73. The normalized spacial score (nSPS) is 16.0. The van der Waals surface area contributed by atoms with Crippen molar-refractivity contribution in [2.45, 2.75) is 45.7 Å². The summed E-state index contributed by atoms with van der Waals surface area (Å²) in [7, 11) is 3.56. The van der Waals surface area contributed by atoms with Crippen molar-refractivity contribution in [1.82, 2.24) is 49.5 Å². The van der Waals surface area contributed by atoms with E-state index in [1.165, 1.54) is 24.1 Å². The van der Waals surface area contributed by atoms with Crippen molar-refractivity contribution in [3.63, 3.8) is 0 Å². The van der Waals surface area contributed by atoms with Gasteiger partial charge in [-0.15, -0.1) is 0 Å². The van der Waals surface area contributed by atoms with E-state index in [-0.39, 0.29) is 23.5 Å². The summed E-state index contributed by atoms with van der Waals surface area (Å²) >= 11 is 0. The zero-order valence-electron chi connectivity index (χ0n) is 29.6. The molecule has 5 aromatic heterocycles. The molecule has 0 radical (unpaired) electrons. The molecule has 0 spiro atoms. The number of fused-ring (bicyclic) bond motifs is 4. The summed E-state index contributed by atoms with van der Waals surface area (Å²) in [6, 6.07) is 16.3. The molecule has 7 heterocycles. The number of hydrogen-bond donors (Lipinski definition) is 5. The van der Waals surface area contributed by atoms with E-state index in [2.05, 4.69) is 55.8 Å². The fourth-order valence-corrected chi connectivity index (χ4v) is 7.10. The predicted molar refractivity (Wildman–Crippen MR) is 195 cm³/mol. The molecule has 1 amide bonds. The van der Waals surface area contributed by atoms with Gasteiger partial charge in [-0.1, -0.05) is 18.2 Å². The molecule has 1 saturated heterocycles. The summed E-state index contributed by atoms with van der Waals surface area (Å²) in [5.41, 5.74) is 7.42. The second-order valence-electron chi connectivity index (χ2n) is 13.3. The highest BCUT2D eigenvalue weighted by Gasteiger charge is 2.46. The van der Waals surface area contributed by atoms with Crippen molar-refractivity contribution in [3.05, 3.63) is 95.1 Å². The molecule has 16 nitrogen and oxygen atoms in total. The Labute approximate surface area is 299 Å². The lowest BCUT2D eigenvalue weighted by molar-refractivity contribution is -0.302. The smallest absolute Gasteiger partial charge is 0.271 e. The molecule has 1 fully saturated rings. The van der Waals surface area contributed by atoms with Gasteiger partial charge in [-0.2, -0.15) is 14.7 Å². The van der Waals surface area contributed by atoms with Crippen LogP contribution in [-0.4, -0.2) is 87.5 Å². The quantitative estimate of drug-likeness (QED) is 0.145. The Morgan fingerprint density at radius 1 is 0.904 bits per heavy atom. The van der Waals surface area contributed by atoms with Crippen LogP contribution in [0.2, 0.25) is 0 Å². The zero-order chi connectivity index (χ0) is 36.5. The molecule has 2 aliphatic heterocycles. The van der Waals surface area contributed by atoms with Gasteiger partial charge in [-0.05, 0) is 45.9 Å². The molecule has 0 saturated carbocycles. The molecule has 1 atom stereocenters. The third kappa shape index (κ3) is 5.57. The maximum Gasteiger partial charge on any atom is 0.271 e. The number of likely N-dealkylation sites (tertiary alicyclic amines) is 1. The number of carbonyl (C=O) groups excluding carboxylic acids is 1. The number of nitrogens with zero attached hydrogens (tertiary/aromatic N) is 10.